The fourth-order valence-corrected chi connectivity index (χ4v) is 3.94. The SMILES string of the molecule is CCCCCCCCCCC[C@H](CC(=O)N[C@@H](C)CO)OC(=O)CCCCCCCCC. The van der Waals surface area contributed by atoms with Crippen molar-refractivity contribution in [2.45, 2.75) is 155 Å². The monoisotopic (exact) mass is 455 g/mol. The molecule has 190 valence electrons. The molecule has 2 atom stereocenters. The lowest BCUT2D eigenvalue weighted by Crippen LogP contribution is -2.37. The number of carbonyl (C=O) groups excluding carboxylic acids is 2. The van der Waals surface area contributed by atoms with Gasteiger partial charge >= 0.3 is 5.97 Å². The Morgan fingerprint density at radius 2 is 1.22 bits per heavy atom. The van der Waals surface area contributed by atoms with Crippen molar-refractivity contribution in [2.75, 3.05) is 6.61 Å². The van der Waals surface area contributed by atoms with Crippen LogP contribution < -0.4 is 5.32 Å². The van der Waals surface area contributed by atoms with Crippen LogP contribution in [0.5, 0.6) is 0 Å². The van der Waals surface area contributed by atoms with Crippen LogP contribution in [0.25, 0.3) is 0 Å². The predicted molar refractivity (Wildman–Crippen MR) is 134 cm³/mol. The van der Waals surface area contributed by atoms with E-state index in [1.807, 2.05) is 0 Å². The van der Waals surface area contributed by atoms with Crippen molar-refractivity contribution in [3.05, 3.63) is 0 Å². The molecule has 0 saturated carbocycles. The van der Waals surface area contributed by atoms with Crippen molar-refractivity contribution in [1.82, 2.24) is 5.32 Å². The Morgan fingerprint density at radius 3 is 1.72 bits per heavy atom. The number of carbonyl (C=O) groups is 2. The molecule has 0 aromatic heterocycles. The summed E-state index contributed by atoms with van der Waals surface area (Å²) < 4.78 is 5.69. The van der Waals surface area contributed by atoms with Crippen LogP contribution in [-0.4, -0.2) is 35.7 Å². The maximum atomic E-state index is 12.3. The van der Waals surface area contributed by atoms with Crippen molar-refractivity contribution in [3.8, 4) is 0 Å². The molecule has 0 rings (SSSR count). The quantitative estimate of drug-likeness (QED) is 0.130. The third-order valence-electron chi connectivity index (χ3n) is 6.01. The molecule has 0 saturated heterocycles. The van der Waals surface area contributed by atoms with Gasteiger partial charge in [-0.05, 0) is 26.2 Å². The highest BCUT2D eigenvalue weighted by Gasteiger charge is 2.19. The van der Waals surface area contributed by atoms with Gasteiger partial charge in [-0.3, -0.25) is 9.59 Å². The van der Waals surface area contributed by atoms with Gasteiger partial charge in [0.15, 0.2) is 0 Å². The highest BCUT2D eigenvalue weighted by atomic mass is 16.5. The molecule has 0 aliphatic rings. The maximum Gasteiger partial charge on any atom is 0.306 e. The number of aliphatic hydroxyl groups is 1. The van der Waals surface area contributed by atoms with E-state index in [2.05, 4.69) is 19.2 Å². The Hall–Kier alpha value is -1.10. The number of hydrogen-bond acceptors (Lipinski definition) is 4. The summed E-state index contributed by atoms with van der Waals surface area (Å²) in [4.78, 5) is 24.6. The molecule has 0 bridgehead atoms. The van der Waals surface area contributed by atoms with Gasteiger partial charge in [0.1, 0.15) is 6.10 Å². The summed E-state index contributed by atoms with van der Waals surface area (Å²) in [6.07, 6.45) is 20.3. The van der Waals surface area contributed by atoms with Crippen LogP contribution in [0.1, 0.15) is 143 Å². The number of unbranched alkanes of at least 4 members (excludes halogenated alkanes) is 14. The van der Waals surface area contributed by atoms with Crippen LogP contribution >= 0.6 is 0 Å². The highest BCUT2D eigenvalue weighted by molar-refractivity contribution is 5.77. The fourth-order valence-electron chi connectivity index (χ4n) is 3.94. The van der Waals surface area contributed by atoms with Crippen LogP contribution in [0.15, 0.2) is 0 Å². The molecule has 0 aliphatic heterocycles. The molecule has 2 N–H and O–H groups in total. The van der Waals surface area contributed by atoms with Crippen LogP contribution in [0, 0.1) is 0 Å². The van der Waals surface area contributed by atoms with E-state index < -0.39 is 0 Å². The number of amides is 1. The molecule has 0 radical (unpaired) electrons. The number of aliphatic hydroxyl groups excluding tert-OH is 1. The maximum absolute atomic E-state index is 12.3. The molecule has 0 aromatic carbocycles. The van der Waals surface area contributed by atoms with E-state index in [1.165, 1.54) is 77.0 Å². The molecule has 5 nitrogen and oxygen atoms in total. The van der Waals surface area contributed by atoms with E-state index in [-0.39, 0.29) is 37.0 Å². The van der Waals surface area contributed by atoms with Crippen LogP contribution in [-0.2, 0) is 14.3 Å². The first-order valence-electron chi connectivity index (χ1n) is 13.6. The van der Waals surface area contributed by atoms with E-state index in [1.54, 1.807) is 6.92 Å². The Labute approximate surface area is 198 Å². The summed E-state index contributed by atoms with van der Waals surface area (Å²) in [6, 6.07) is -0.278. The molecule has 0 heterocycles. The average Bonchev–Trinajstić information content (AvgIpc) is 2.77. The van der Waals surface area contributed by atoms with Gasteiger partial charge in [-0.15, -0.1) is 0 Å². The van der Waals surface area contributed by atoms with E-state index in [0.29, 0.717) is 6.42 Å². The van der Waals surface area contributed by atoms with E-state index in [9.17, 15) is 9.59 Å². The molecular formula is C27H53NO4. The van der Waals surface area contributed by atoms with Gasteiger partial charge in [0.25, 0.3) is 0 Å². The first-order chi connectivity index (χ1) is 15.5. The number of hydrogen-bond donors (Lipinski definition) is 2. The van der Waals surface area contributed by atoms with Crippen molar-refractivity contribution < 1.29 is 19.4 Å². The van der Waals surface area contributed by atoms with Crippen molar-refractivity contribution in [1.29, 1.82) is 0 Å². The lowest BCUT2D eigenvalue weighted by atomic mass is 10.0. The summed E-state index contributed by atoms with van der Waals surface area (Å²) in [5.41, 5.74) is 0. The minimum absolute atomic E-state index is 0.0906. The Morgan fingerprint density at radius 1 is 0.750 bits per heavy atom. The molecule has 1 amide bonds. The zero-order chi connectivity index (χ0) is 23.9. The van der Waals surface area contributed by atoms with Gasteiger partial charge < -0.3 is 15.2 Å². The fraction of sp³-hybridized carbons (Fsp3) is 0.926. The minimum Gasteiger partial charge on any atom is -0.462 e. The number of rotatable bonds is 23. The summed E-state index contributed by atoms with van der Waals surface area (Å²) in [5.74, 6) is -0.335. The third-order valence-corrected chi connectivity index (χ3v) is 6.01. The van der Waals surface area contributed by atoms with Crippen molar-refractivity contribution in [2.24, 2.45) is 0 Å². The lowest BCUT2D eigenvalue weighted by Gasteiger charge is -2.19. The van der Waals surface area contributed by atoms with Gasteiger partial charge in [0.05, 0.1) is 13.0 Å². The average molecular weight is 456 g/mol. The molecule has 0 aliphatic carbocycles. The largest absolute Gasteiger partial charge is 0.462 e. The molecular weight excluding hydrogens is 402 g/mol. The normalized spacial score (nSPS) is 13.0. The van der Waals surface area contributed by atoms with Crippen molar-refractivity contribution >= 4 is 11.9 Å². The summed E-state index contributed by atoms with van der Waals surface area (Å²) in [7, 11) is 0. The van der Waals surface area contributed by atoms with Crippen molar-refractivity contribution in [3.63, 3.8) is 0 Å². The molecule has 32 heavy (non-hydrogen) atoms. The smallest absolute Gasteiger partial charge is 0.306 e. The number of nitrogens with one attached hydrogen (secondary N) is 1. The number of esters is 1. The number of ether oxygens (including phenoxy) is 1. The van der Waals surface area contributed by atoms with E-state index >= 15 is 0 Å². The second-order valence-electron chi connectivity index (χ2n) is 9.46. The van der Waals surface area contributed by atoms with Gasteiger partial charge in [-0.2, -0.15) is 0 Å². The summed E-state index contributed by atoms with van der Waals surface area (Å²) in [6.45, 7) is 6.13. The Balaban J connectivity index is 4.19. The van der Waals surface area contributed by atoms with E-state index in [4.69, 9.17) is 9.84 Å². The second-order valence-corrected chi connectivity index (χ2v) is 9.46. The summed E-state index contributed by atoms with van der Waals surface area (Å²) in [5, 5.41) is 11.9. The Bertz CT molecular complexity index is 441. The van der Waals surface area contributed by atoms with Gasteiger partial charge in [-0.25, -0.2) is 0 Å². The molecule has 0 fully saturated rings. The van der Waals surface area contributed by atoms with Gasteiger partial charge in [0, 0.05) is 12.5 Å². The zero-order valence-electron chi connectivity index (χ0n) is 21.5. The van der Waals surface area contributed by atoms with Gasteiger partial charge in [-0.1, -0.05) is 104 Å². The third kappa shape index (κ3) is 20.8. The summed E-state index contributed by atoms with van der Waals surface area (Å²) >= 11 is 0. The van der Waals surface area contributed by atoms with Crippen LogP contribution in [0.4, 0.5) is 0 Å². The van der Waals surface area contributed by atoms with Gasteiger partial charge in [0.2, 0.25) is 5.91 Å². The first-order valence-corrected chi connectivity index (χ1v) is 13.6. The zero-order valence-corrected chi connectivity index (χ0v) is 21.5. The van der Waals surface area contributed by atoms with Crippen LogP contribution in [0.2, 0.25) is 0 Å². The lowest BCUT2D eigenvalue weighted by molar-refractivity contribution is -0.151. The first kappa shape index (κ1) is 30.9. The molecule has 0 unspecified atom stereocenters. The van der Waals surface area contributed by atoms with E-state index in [0.717, 1.165) is 32.1 Å². The standard InChI is InChI=1S/C27H53NO4/c1-4-6-8-10-12-13-15-16-18-20-25(22-26(30)28-24(3)23-29)32-27(31)21-19-17-14-11-9-7-5-2/h24-25,29H,4-23H2,1-3H3,(H,28,30)/t24-,25+/m0/s1. The second kappa shape index (κ2) is 23.1. The highest BCUT2D eigenvalue weighted by Crippen LogP contribution is 2.16. The molecule has 0 aromatic rings. The minimum atomic E-state index is -0.359. The molecule has 0 spiro atoms. The molecule has 5 heteroatoms. The predicted octanol–water partition coefficient (Wildman–Crippen LogP) is 6.85. The van der Waals surface area contributed by atoms with Crippen LogP contribution in [0.3, 0.4) is 0 Å². The topological polar surface area (TPSA) is 75.6 Å². The Kier molecular flexibility index (Phi) is 22.3.